The highest BCUT2D eigenvalue weighted by atomic mass is 32.1. The number of aromatic amines is 1. The minimum atomic E-state index is -0.729. The minimum Gasteiger partial charge on any atom is -0.506 e. The van der Waals surface area contributed by atoms with Gasteiger partial charge in [-0.3, -0.25) is 9.59 Å². The van der Waals surface area contributed by atoms with Gasteiger partial charge >= 0.3 is 4.87 Å². The maximum absolute atomic E-state index is 13.2. The van der Waals surface area contributed by atoms with Crippen molar-refractivity contribution in [2.24, 2.45) is 0 Å². The molecule has 3 aliphatic rings. The summed E-state index contributed by atoms with van der Waals surface area (Å²) in [6, 6.07) is 3.21. The Kier molecular flexibility index (Phi) is 11.4. The number of piperidine rings is 1. The highest BCUT2D eigenvalue weighted by Crippen LogP contribution is 2.38. The molecule has 2 aromatic heterocycles. The predicted octanol–water partition coefficient (Wildman–Crippen LogP) is 5.38. The molecule has 1 saturated carbocycles. The molecule has 4 heterocycles. The molecule has 0 radical (unpaired) electrons. The lowest BCUT2D eigenvalue weighted by atomic mass is 9.86. The number of amides is 1. The monoisotopic (exact) mass is 671 g/mol. The van der Waals surface area contributed by atoms with Crippen LogP contribution < -0.4 is 10.2 Å². The number of morpholine rings is 1. The largest absolute Gasteiger partial charge is 0.506 e. The molecule has 3 fully saturated rings. The Bertz CT molecular complexity index is 1490. The van der Waals surface area contributed by atoms with Gasteiger partial charge in [-0.15, -0.1) is 11.3 Å². The van der Waals surface area contributed by atoms with Crippen LogP contribution in [-0.4, -0.2) is 93.9 Å². The van der Waals surface area contributed by atoms with Crippen molar-refractivity contribution in [1.82, 2.24) is 25.1 Å². The van der Waals surface area contributed by atoms with Crippen LogP contribution in [0, 0.1) is 0 Å². The Morgan fingerprint density at radius 1 is 1.11 bits per heavy atom. The number of unbranched alkanes of at least 4 members (excludes halogenated alkanes) is 6. The summed E-state index contributed by atoms with van der Waals surface area (Å²) in [4.78, 5) is 36.6. The summed E-state index contributed by atoms with van der Waals surface area (Å²) in [7, 11) is 0. The van der Waals surface area contributed by atoms with E-state index in [0.717, 1.165) is 61.8 Å². The number of phenolic OH excluding ortho intramolecular Hbond substituents is 1. The van der Waals surface area contributed by atoms with E-state index in [-0.39, 0.29) is 22.1 Å². The number of ether oxygens (including phenoxy) is 1. The second-order valence-electron chi connectivity index (χ2n) is 13.4. The van der Waals surface area contributed by atoms with Gasteiger partial charge in [0, 0.05) is 43.0 Å². The first-order chi connectivity index (χ1) is 22.4. The normalized spacial score (nSPS) is 19.5. The van der Waals surface area contributed by atoms with Crippen LogP contribution >= 0.6 is 22.7 Å². The quantitative estimate of drug-likeness (QED) is 0.159. The number of aliphatic hydroxyl groups excluding tert-OH is 1. The molecule has 10 nitrogen and oxygen atoms in total. The van der Waals surface area contributed by atoms with Crippen LogP contribution in [-0.2, 0) is 4.74 Å². The SMILES string of the molecule is O=C(c1csc(C2CCC2)n1)N1CCOC2(CCN(CCCCCCCCCNCC(O)c3ccc(O)c4[nH]c(=O)sc34)CC2)C1. The van der Waals surface area contributed by atoms with E-state index >= 15 is 0 Å². The average molecular weight is 672 g/mol. The summed E-state index contributed by atoms with van der Waals surface area (Å²) in [6.07, 6.45) is 13.4. The fourth-order valence-corrected chi connectivity index (χ4v) is 8.90. The Morgan fingerprint density at radius 3 is 2.63 bits per heavy atom. The van der Waals surface area contributed by atoms with E-state index in [1.54, 1.807) is 17.4 Å². The molecular weight excluding hydrogens is 623 g/mol. The Morgan fingerprint density at radius 2 is 1.87 bits per heavy atom. The standard InChI is InChI=1S/C34H49N5O5S2/c40-27-12-11-25(30-29(27)37-33(43)46-30)28(41)21-35-15-6-4-2-1-3-5-7-16-38-17-13-34(14-18-38)23-39(19-20-44-34)32(42)26-22-45-31(36-26)24-9-8-10-24/h11-12,22,24,28,35,40-41H,1-10,13-21,23H2,(H,37,43). The van der Waals surface area contributed by atoms with Crippen LogP contribution in [0.2, 0.25) is 0 Å². The number of fused-ring (bicyclic) bond motifs is 1. The number of hydrogen-bond acceptors (Lipinski definition) is 10. The van der Waals surface area contributed by atoms with Gasteiger partial charge in [0.1, 0.15) is 17.0 Å². The number of nitrogens with zero attached hydrogens (tertiary/aromatic N) is 3. The number of carbonyl (C=O) groups is 1. The summed E-state index contributed by atoms with van der Waals surface area (Å²) < 4.78 is 6.94. The van der Waals surface area contributed by atoms with Gasteiger partial charge in [-0.05, 0) is 57.7 Å². The molecule has 1 aromatic carbocycles. The number of aromatic nitrogens is 2. The molecule has 252 valence electrons. The molecule has 2 saturated heterocycles. The molecule has 1 atom stereocenters. The predicted molar refractivity (Wildman–Crippen MR) is 183 cm³/mol. The molecule has 3 aromatic rings. The van der Waals surface area contributed by atoms with Gasteiger partial charge in [-0.25, -0.2) is 4.98 Å². The highest BCUT2D eigenvalue weighted by Gasteiger charge is 2.41. The first-order valence-corrected chi connectivity index (χ1v) is 18.9. The van der Waals surface area contributed by atoms with Gasteiger partial charge in [0.2, 0.25) is 0 Å². The van der Waals surface area contributed by atoms with Gasteiger partial charge in [0.25, 0.3) is 5.91 Å². The number of aliphatic hydroxyl groups is 1. The molecule has 4 N–H and O–H groups in total. The summed E-state index contributed by atoms with van der Waals surface area (Å²) in [6.45, 7) is 6.44. The first kappa shape index (κ1) is 33.5. The Balaban J connectivity index is 0.793. The van der Waals surface area contributed by atoms with Crippen molar-refractivity contribution in [3.8, 4) is 5.75 Å². The number of nitrogens with one attached hydrogen (secondary N) is 2. The third-order valence-electron chi connectivity index (χ3n) is 10.1. The fourth-order valence-electron chi connectivity index (χ4n) is 7.02. The van der Waals surface area contributed by atoms with Crippen molar-refractivity contribution in [2.75, 3.05) is 52.4 Å². The van der Waals surface area contributed by atoms with Crippen molar-refractivity contribution in [1.29, 1.82) is 0 Å². The van der Waals surface area contributed by atoms with Crippen molar-refractivity contribution < 1.29 is 19.7 Å². The van der Waals surface area contributed by atoms with Gasteiger partial charge in [-0.1, -0.05) is 55.9 Å². The third kappa shape index (κ3) is 8.19. The van der Waals surface area contributed by atoms with Crippen LogP contribution in [0.5, 0.6) is 5.75 Å². The maximum Gasteiger partial charge on any atom is 0.305 e. The van der Waals surface area contributed by atoms with Crippen LogP contribution in [0.25, 0.3) is 10.2 Å². The highest BCUT2D eigenvalue weighted by molar-refractivity contribution is 7.16. The maximum atomic E-state index is 13.2. The van der Waals surface area contributed by atoms with Gasteiger partial charge in [0.05, 0.1) is 34.6 Å². The number of likely N-dealkylation sites (tertiary alicyclic amines) is 1. The lowest BCUT2D eigenvalue weighted by Crippen LogP contribution is -2.58. The van der Waals surface area contributed by atoms with Crippen molar-refractivity contribution in [3.63, 3.8) is 0 Å². The lowest BCUT2D eigenvalue weighted by Gasteiger charge is -2.47. The molecule has 1 spiro atoms. The number of H-pyrrole nitrogens is 1. The Labute approximate surface area is 279 Å². The summed E-state index contributed by atoms with van der Waals surface area (Å²) in [5.41, 5.74) is 1.49. The van der Waals surface area contributed by atoms with Crippen molar-refractivity contribution >= 4 is 38.8 Å². The van der Waals surface area contributed by atoms with Gasteiger partial charge < -0.3 is 35.1 Å². The van der Waals surface area contributed by atoms with Crippen molar-refractivity contribution in [2.45, 2.75) is 94.7 Å². The number of phenols is 1. The molecule has 1 amide bonds. The van der Waals surface area contributed by atoms with Crippen LogP contribution in [0.3, 0.4) is 0 Å². The van der Waals surface area contributed by atoms with Crippen LogP contribution in [0.4, 0.5) is 0 Å². The van der Waals surface area contributed by atoms with E-state index in [2.05, 4.69) is 15.2 Å². The number of carbonyl (C=O) groups excluding carboxylic acids is 1. The van der Waals surface area contributed by atoms with Gasteiger partial charge in [0.15, 0.2) is 0 Å². The molecule has 1 unspecified atom stereocenters. The topological polar surface area (TPSA) is 131 Å². The molecule has 2 aliphatic heterocycles. The lowest BCUT2D eigenvalue weighted by molar-refractivity contribution is -0.127. The molecular formula is C34H49N5O5S2. The smallest absolute Gasteiger partial charge is 0.305 e. The Hall–Kier alpha value is -2.35. The number of benzene rings is 1. The van der Waals surface area contributed by atoms with Crippen LogP contribution in [0.1, 0.15) is 110 Å². The van der Waals surface area contributed by atoms with E-state index in [0.29, 0.717) is 53.6 Å². The average Bonchev–Trinajstić information content (AvgIpc) is 3.67. The number of aromatic hydroxyl groups is 1. The molecule has 1 aliphatic carbocycles. The minimum absolute atomic E-state index is 0.0262. The van der Waals surface area contributed by atoms with Crippen molar-refractivity contribution in [3.05, 3.63) is 43.4 Å². The van der Waals surface area contributed by atoms with E-state index in [1.807, 2.05) is 10.3 Å². The zero-order valence-electron chi connectivity index (χ0n) is 26.8. The zero-order chi connectivity index (χ0) is 31.9. The summed E-state index contributed by atoms with van der Waals surface area (Å²) in [5.74, 6) is 0.673. The molecule has 0 bridgehead atoms. The fraction of sp³-hybridized carbons (Fsp3) is 0.676. The number of rotatable bonds is 15. The number of hydrogen-bond donors (Lipinski definition) is 4. The zero-order valence-corrected chi connectivity index (χ0v) is 28.4. The molecule has 12 heteroatoms. The van der Waals surface area contributed by atoms with E-state index in [1.165, 1.54) is 63.9 Å². The number of thiazole rings is 2. The summed E-state index contributed by atoms with van der Waals surface area (Å²) >= 11 is 2.67. The third-order valence-corrected chi connectivity index (χ3v) is 12.0. The second-order valence-corrected chi connectivity index (χ2v) is 15.3. The molecule has 6 rings (SSSR count). The van der Waals surface area contributed by atoms with Gasteiger partial charge in [-0.2, -0.15) is 0 Å². The molecule has 46 heavy (non-hydrogen) atoms. The second kappa shape index (κ2) is 15.7. The first-order valence-electron chi connectivity index (χ1n) is 17.3. The van der Waals surface area contributed by atoms with E-state index in [9.17, 15) is 19.8 Å². The van der Waals surface area contributed by atoms with E-state index < -0.39 is 6.10 Å². The van der Waals surface area contributed by atoms with Crippen LogP contribution in [0.15, 0.2) is 22.3 Å². The summed E-state index contributed by atoms with van der Waals surface area (Å²) in [5, 5.41) is 27.0. The van der Waals surface area contributed by atoms with E-state index in [4.69, 9.17) is 9.72 Å².